The number of nitrogens with zero attached hydrogens (tertiary/aromatic N) is 1. The SMILES string of the molecule is CC(C)=CCC[C@]1(C)Oc2cc3c(c4c2[C@H]2[C@@H](O4)[C@](C)(O)CC[C@H]21)CN([C@@H](CCC(=O)O)C(=O)O)C3=O. The highest BCUT2D eigenvalue weighted by molar-refractivity contribution is 6.02. The van der Waals surface area contributed by atoms with Gasteiger partial charge >= 0.3 is 11.9 Å². The van der Waals surface area contributed by atoms with E-state index in [0.717, 1.165) is 24.8 Å². The van der Waals surface area contributed by atoms with Gasteiger partial charge in [0.1, 0.15) is 29.2 Å². The summed E-state index contributed by atoms with van der Waals surface area (Å²) in [6.07, 6.45) is 4.09. The van der Waals surface area contributed by atoms with Gasteiger partial charge in [-0.15, -0.1) is 0 Å². The summed E-state index contributed by atoms with van der Waals surface area (Å²) in [5, 5.41) is 30.2. The predicted molar refractivity (Wildman–Crippen MR) is 133 cm³/mol. The second kappa shape index (κ2) is 8.75. The van der Waals surface area contributed by atoms with Crippen LogP contribution in [0.4, 0.5) is 0 Å². The van der Waals surface area contributed by atoms with E-state index >= 15 is 0 Å². The first-order chi connectivity index (χ1) is 17.3. The number of hydrogen-bond donors (Lipinski definition) is 3. The summed E-state index contributed by atoms with van der Waals surface area (Å²) in [6.45, 7) is 8.02. The summed E-state index contributed by atoms with van der Waals surface area (Å²) >= 11 is 0. The van der Waals surface area contributed by atoms with Crippen molar-refractivity contribution in [1.29, 1.82) is 0 Å². The molecule has 3 heterocycles. The molecule has 1 aromatic rings. The molecule has 5 rings (SSSR count). The Morgan fingerprint density at radius 3 is 2.65 bits per heavy atom. The summed E-state index contributed by atoms with van der Waals surface area (Å²) in [5.41, 5.74) is 1.42. The number of carboxylic acids is 2. The third-order valence-corrected chi connectivity index (χ3v) is 8.73. The fraction of sp³-hybridized carbons (Fsp3) is 0.607. The number of aliphatic carboxylic acids is 2. The molecule has 4 aliphatic rings. The van der Waals surface area contributed by atoms with Gasteiger partial charge in [-0.1, -0.05) is 11.6 Å². The molecule has 3 N–H and O–H groups in total. The fourth-order valence-corrected chi connectivity index (χ4v) is 6.84. The Kier molecular flexibility index (Phi) is 6.05. The summed E-state index contributed by atoms with van der Waals surface area (Å²) in [5.74, 6) is -1.76. The molecule has 1 amide bonds. The van der Waals surface area contributed by atoms with E-state index in [9.17, 15) is 24.6 Å². The zero-order valence-electron chi connectivity index (χ0n) is 21.7. The lowest BCUT2D eigenvalue weighted by Crippen LogP contribution is -2.57. The number of rotatable bonds is 8. The molecule has 1 aliphatic carbocycles. The monoisotopic (exact) mass is 513 g/mol. The summed E-state index contributed by atoms with van der Waals surface area (Å²) < 4.78 is 13.2. The van der Waals surface area contributed by atoms with E-state index in [1.165, 1.54) is 10.5 Å². The van der Waals surface area contributed by atoms with Crippen LogP contribution < -0.4 is 9.47 Å². The highest BCUT2D eigenvalue weighted by Gasteiger charge is 2.61. The summed E-state index contributed by atoms with van der Waals surface area (Å²) in [6, 6.07) is 0.437. The molecule has 200 valence electrons. The quantitative estimate of drug-likeness (QED) is 0.446. The van der Waals surface area contributed by atoms with Gasteiger partial charge in [0.15, 0.2) is 0 Å². The van der Waals surface area contributed by atoms with Crippen molar-refractivity contribution in [3.63, 3.8) is 0 Å². The number of fused-ring (bicyclic) bond motifs is 2. The number of aliphatic hydroxyl groups is 1. The largest absolute Gasteiger partial charge is 0.487 e. The van der Waals surface area contributed by atoms with E-state index in [4.69, 9.17) is 14.6 Å². The molecule has 0 bridgehead atoms. The smallest absolute Gasteiger partial charge is 0.326 e. The van der Waals surface area contributed by atoms with Crippen LogP contribution in [0.25, 0.3) is 0 Å². The van der Waals surface area contributed by atoms with E-state index in [-0.39, 0.29) is 31.2 Å². The van der Waals surface area contributed by atoms with Gasteiger partial charge in [0, 0.05) is 29.4 Å². The van der Waals surface area contributed by atoms with Crippen molar-refractivity contribution >= 4 is 17.8 Å². The average molecular weight is 514 g/mol. The number of carboxylic acid groups (broad SMARTS) is 2. The number of benzene rings is 1. The van der Waals surface area contributed by atoms with Crippen molar-refractivity contribution in [3.8, 4) is 11.5 Å². The van der Waals surface area contributed by atoms with Crippen LogP contribution in [0.15, 0.2) is 17.7 Å². The second-order valence-electron chi connectivity index (χ2n) is 11.7. The molecule has 0 unspecified atom stereocenters. The molecule has 0 saturated heterocycles. The number of allylic oxidation sites excluding steroid dienone is 2. The molecule has 3 aliphatic heterocycles. The first-order valence-electron chi connectivity index (χ1n) is 13.0. The van der Waals surface area contributed by atoms with Crippen LogP contribution in [0.3, 0.4) is 0 Å². The number of amides is 1. The van der Waals surface area contributed by atoms with Crippen LogP contribution in [-0.4, -0.2) is 61.4 Å². The van der Waals surface area contributed by atoms with Crippen LogP contribution >= 0.6 is 0 Å². The van der Waals surface area contributed by atoms with E-state index in [1.54, 1.807) is 13.0 Å². The molecule has 6 atom stereocenters. The minimum Gasteiger partial charge on any atom is -0.487 e. The number of carbonyl (C=O) groups is 3. The molecule has 1 fully saturated rings. The Hall–Kier alpha value is -3.07. The van der Waals surface area contributed by atoms with Gasteiger partial charge in [-0.3, -0.25) is 9.59 Å². The summed E-state index contributed by atoms with van der Waals surface area (Å²) in [4.78, 5) is 37.8. The first-order valence-corrected chi connectivity index (χ1v) is 13.0. The average Bonchev–Trinajstić information content (AvgIpc) is 3.34. The number of ether oxygens (including phenoxy) is 2. The van der Waals surface area contributed by atoms with E-state index < -0.39 is 41.2 Å². The maximum atomic E-state index is 13.5. The highest BCUT2D eigenvalue weighted by atomic mass is 16.5. The minimum absolute atomic E-state index is 0.0114. The van der Waals surface area contributed by atoms with Crippen LogP contribution in [-0.2, 0) is 16.1 Å². The molecule has 1 aromatic carbocycles. The topological polar surface area (TPSA) is 134 Å². The number of carbonyl (C=O) groups excluding carboxylic acids is 1. The first kappa shape index (κ1) is 25.6. The van der Waals surface area contributed by atoms with Crippen LogP contribution in [0.1, 0.15) is 93.6 Å². The normalized spacial score (nSPS) is 31.6. The predicted octanol–water partition coefficient (Wildman–Crippen LogP) is 3.86. The van der Waals surface area contributed by atoms with Crippen molar-refractivity contribution in [2.24, 2.45) is 5.92 Å². The molecular formula is C28H35NO8. The second-order valence-corrected chi connectivity index (χ2v) is 11.7. The van der Waals surface area contributed by atoms with E-state index in [2.05, 4.69) is 26.8 Å². The third-order valence-electron chi connectivity index (χ3n) is 8.73. The Labute approximate surface area is 216 Å². The molecule has 37 heavy (non-hydrogen) atoms. The van der Waals surface area contributed by atoms with Crippen molar-refractivity contribution < 1.29 is 39.2 Å². The van der Waals surface area contributed by atoms with E-state index in [0.29, 0.717) is 29.0 Å². The lowest BCUT2D eigenvalue weighted by atomic mass is 9.61. The van der Waals surface area contributed by atoms with Gasteiger partial charge in [-0.05, 0) is 65.9 Å². The molecule has 9 nitrogen and oxygen atoms in total. The van der Waals surface area contributed by atoms with Crippen LogP contribution in [0.2, 0.25) is 0 Å². The molecule has 9 heteroatoms. The third kappa shape index (κ3) is 4.07. The fourth-order valence-electron chi connectivity index (χ4n) is 6.84. The Morgan fingerprint density at radius 1 is 1.27 bits per heavy atom. The van der Waals surface area contributed by atoms with Gasteiger partial charge < -0.3 is 29.7 Å². The molecule has 0 spiro atoms. The Morgan fingerprint density at radius 2 is 2.00 bits per heavy atom. The van der Waals surface area contributed by atoms with Crippen LogP contribution in [0, 0.1) is 5.92 Å². The molecule has 1 saturated carbocycles. The van der Waals surface area contributed by atoms with Gasteiger partial charge in [-0.2, -0.15) is 0 Å². The van der Waals surface area contributed by atoms with Crippen LogP contribution in [0.5, 0.6) is 11.5 Å². The molecular weight excluding hydrogens is 478 g/mol. The lowest BCUT2D eigenvalue weighted by Gasteiger charge is -2.51. The minimum atomic E-state index is -1.27. The van der Waals surface area contributed by atoms with Crippen molar-refractivity contribution in [1.82, 2.24) is 4.90 Å². The summed E-state index contributed by atoms with van der Waals surface area (Å²) in [7, 11) is 0. The van der Waals surface area contributed by atoms with Crippen molar-refractivity contribution in [3.05, 3.63) is 34.4 Å². The lowest BCUT2D eigenvalue weighted by molar-refractivity contribution is -0.143. The standard InChI is InChI=1S/C28H35NO8/c1-14(2)6-5-10-28(4)17-9-11-27(3,35)24-21(17)22-19(37-28)12-15-16(23(22)36-24)13-29(25(15)32)18(26(33)34)7-8-20(30)31/h6,12,17-18,21,24,35H,5,7-11,13H2,1-4H3,(H,30,31)(H,33,34)/t17-,18+,21+,24-,27-,28+/m1/s1. The Balaban J connectivity index is 1.57. The number of hydrogen-bond acceptors (Lipinski definition) is 6. The van der Waals surface area contributed by atoms with E-state index in [1.807, 2.05) is 0 Å². The van der Waals surface area contributed by atoms with Gasteiger partial charge in [0.05, 0.1) is 17.7 Å². The molecule has 0 aromatic heterocycles. The maximum absolute atomic E-state index is 13.5. The van der Waals surface area contributed by atoms with Gasteiger partial charge in [-0.25, -0.2) is 4.79 Å². The van der Waals surface area contributed by atoms with Gasteiger partial charge in [0.25, 0.3) is 5.91 Å². The van der Waals surface area contributed by atoms with Gasteiger partial charge in [0.2, 0.25) is 0 Å². The highest BCUT2D eigenvalue weighted by Crippen LogP contribution is 2.63. The zero-order valence-corrected chi connectivity index (χ0v) is 21.7. The Bertz CT molecular complexity index is 1200. The van der Waals surface area contributed by atoms with Crippen molar-refractivity contribution in [2.75, 3.05) is 0 Å². The maximum Gasteiger partial charge on any atom is 0.326 e. The molecule has 0 radical (unpaired) electrons. The van der Waals surface area contributed by atoms with Crippen molar-refractivity contribution in [2.45, 2.75) is 102 Å². The zero-order chi connectivity index (χ0) is 26.9.